The van der Waals surface area contributed by atoms with E-state index in [1.54, 1.807) is 0 Å². The third-order valence-corrected chi connectivity index (χ3v) is 5.58. The molecular weight excluding hydrogens is 452 g/mol. The monoisotopic (exact) mass is 468 g/mol. The summed E-state index contributed by atoms with van der Waals surface area (Å²) >= 11 is 12.0. The zero-order valence-corrected chi connectivity index (χ0v) is 17.5. The number of anilines is 2. The molecule has 2 aromatic carbocycles. The molecule has 0 aliphatic carbocycles. The molecule has 158 valence electrons. The Morgan fingerprint density at radius 2 is 1.79 bits per heavy atom. The second kappa shape index (κ2) is 9.23. The number of amides is 1. The van der Waals surface area contributed by atoms with E-state index in [0.29, 0.717) is 0 Å². The third kappa shape index (κ3) is 6.52. The fourth-order valence-electron chi connectivity index (χ4n) is 2.58. The van der Waals surface area contributed by atoms with Crippen LogP contribution in [0.2, 0.25) is 10.0 Å². The van der Waals surface area contributed by atoms with Gasteiger partial charge in [-0.15, -0.1) is 0 Å². The number of rotatable bonds is 7. The predicted octanol–water partition coefficient (Wildman–Crippen LogP) is 5.20. The number of nitrogens with one attached hydrogen (secondary N) is 1. The molecule has 0 atom stereocenters. The highest BCUT2D eigenvalue weighted by Crippen LogP contribution is 2.35. The van der Waals surface area contributed by atoms with Gasteiger partial charge in [0.2, 0.25) is 15.9 Å². The summed E-state index contributed by atoms with van der Waals surface area (Å²) in [7, 11) is -3.73. The van der Waals surface area contributed by atoms with Crippen LogP contribution in [0.5, 0.6) is 0 Å². The van der Waals surface area contributed by atoms with Gasteiger partial charge in [0.1, 0.15) is 0 Å². The van der Waals surface area contributed by atoms with Crippen molar-refractivity contribution in [1.82, 2.24) is 0 Å². The number of carbonyl (C=O) groups is 1. The van der Waals surface area contributed by atoms with Crippen LogP contribution in [0, 0.1) is 0 Å². The molecule has 0 heterocycles. The highest BCUT2D eigenvalue weighted by atomic mass is 35.5. The molecule has 2 aromatic rings. The van der Waals surface area contributed by atoms with E-state index in [4.69, 9.17) is 23.2 Å². The summed E-state index contributed by atoms with van der Waals surface area (Å²) in [5.41, 5.74) is -1.16. The number of benzene rings is 2. The number of sulfonamides is 1. The van der Waals surface area contributed by atoms with Crippen molar-refractivity contribution >= 4 is 50.5 Å². The van der Waals surface area contributed by atoms with Gasteiger partial charge >= 0.3 is 6.18 Å². The molecule has 2 rings (SSSR count). The van der Waals surface area contributed by atoms with Gasteiger partial charge in [-0.25, -0.2) is 8.42 Å². The number of alkyl halides is 3. The van der Waals surface area contributed by atoms with Gasteiger partial charge in [-0.1, -0.05) is 35.3 Å². The summed E-state index contributed by atoms with van der Waals surface area (Å²) in [6.45, 7) is -0.104. The Hall–Kier alpha value is -1.97. The lowest BCUT2D eigenvalue weighted by Crippen LogP contribution is -2.31. The van der Waals surface area contributed by atoms with Crippen molar-refractivity contribution in [3.05, 3.63) is 58.1 Å². The second-order valence-electron chi connectivity index (χ2n) is 6.13. The zero-order valence-electron chi connectivity index (χ0n) is 15.1. The van der Waals surface area contributed by atoms with Crippen molar-refractivity contribution in [2.75, 3.05) is 22.4 Å². The lowest BCUT2D eigenvalue weighted by molar-refractivity contribution is -0.137. The van der Waals surface area contributed by atoms with E-state index >= 15 is 0 Å². The van der Waals surface area contributed by atoms with Crippen molar-refractivity contribution in [1.29, 1.82) is 0 Å². The molecular formula is C18H17Cl2F3N2O3S. The molecule has 5 nitrogen and oxygen atoms in total. The van der Waals surface area contributed by atoms with Crippen LogP contribution in [-0.4, -0.2) is 27.1 Å². The summed E-state index contributed by atoms with van der Waals surface area (Å²) in [5, 5.41) is 2.65. The Morgan fingerprint density at radius 3 is 2.41 bits per heavy atom. The summed E-state index contributed by atoms with van der Waals surface area (Å²) in [6, 6.07) is 8.92. The molecule has 29 heavy (non-hydrogen) atoms. The number of nitrogens with zero attached hydrogens (tertiary/aromatic N) is 1. The van der Waals surface area contributed by atoms with Gasteiger partial charge in [0.15, 0.2) is 0 Å². The van der Waals surface area contributed by atoms with Crippen LogP contribution in [0.1, 0.15) is 18.4 Å². The SMILES string of the molecule is CS(=O)(=O)N(CCCC(=O)Nc1ccccc1C(F)(F)F)c1cc(Cl)ccc1Cl. The number of hydrogen-bond acceptors (Lipinski definition) is 3. The molecule has 0 bridgehead atoms. The van der Waals surface area contributed by atoms with Crippen LogP contribution < -0.4 is 9.62 Å². The Balaban J connectivity index is 2.07. The first-order valence-corrected chi connectivity index (χ1v) is 10.9. The van der Waals surface area contributed by atoms with E-state index < -0.39 is 27.7 Å². The average Bonchev–Trinajstić information content (AvgIpc) is 2.59. The maximum absolute atomic E-state index is 13.0. The number of halogens is 5. The number of hydrogen-bond donors (Lipinski definition) is 1. The molecule has 0 spiro atoms. The van der Waals surface area contributed by atoms with Crippen LogP contribution in [0.15, 0.2) is 42.5 Å². The smallest absolute Gasteiger partial charge is 0.326 e. The van der Waals surface area contributed by atoms with Gasteiger partial charge in [-0.05, 0) is 36.8 Å². The number of para-hydroxylation sites is 1. The molecule has 0 aliphatic rings. The van der Waals surface area contributed by atoms with Crippen molar-refractivity contribution in [2.45, 2.75) is 19.0 Å². The van der Waals surface area contributed by atoms with E-state index in [9.17, 15) is 26.4 Å². The van der Waals surface area contributed by atoms with Crippen molar-refractivity contribution in [3.63, 3.8) is 0 Å². The summed E-state index contributed by atoms with van der Waals surface area (Å²) in [5.74, 6) is -0.674. The number of carbonyl (C=O) groups excluding carboxylic acids is 1. The molecule has 0 unspecified atom stereocenters. The molecule has 11 heteroatoms. The standard InChI is InChI=1S/C18H17Cl2F3N2O3S/c1-29(27,28)25(16-11-12(19)8-9-14(16)20)10-4-7-17(26)24-15-6-3-2-5-13(15)18(21,22)23/h2-3,5-6,8-9,11H,4,7,10H2,1H3,(H,24,26). The van der Waals surface area contributed by atoms with Gasteiger partial charge in [0, 0.05) is 18.0 Å². The molecule has 1 amide bonds. The fourth-order valence-corrected chi connectivity index (χ4v) is 3.98. The maximum Gasteiger partial charge on any atom is 0.418 e. The molecule has 0 fully saturated rings. The van der Waals surface area contributed by atoms with Crippen molar-refractivity contribution in [2.24, 2.45) is 0 Å². The van der Waals surface area contributed by atoms with Gasteiger partial charge in [0.25, 0.3) is 0 Å². The van der Waals surface area contributed by atoms with Gasteiger partial charge < -0.3 is 5.32 Å². The minimum atomic E-state index is -4.61. The van der Waals surface area contributed by atoms with Crippen molar-refractivity contribution < 1.29 is 26.4 Å². The Morgan fingerprint density at radius 1 is 1.14 bits per heavy atom. The molecule has 1 N–H and O–H groups in total. The van der Waals surface area contributed by atoms with Gasteiger partial charge in [0.05, 0.1) is 28.2 Å². The molecule has 0 radical (unpaired) electrons. The summed E-state index contributed by atoms with van der Waals surface area (Å²) in [4.78, 5) is 12.1. The largest absolute Gasteiger partial charge is 0.418 e. The Labute approximate surface area is 176 Å². The fraction of sp³-hybridized carbons (Fsp3) is 0.278. The van der Waals surface area contributed by atoms with E-state index in [1.165, 1.54) is 30.3 Å². The van der Waals surface area contributed by atoms with Gasteiger partial charge in [-0.3, -0.25) is 9.10 Å². The first-order valence-electron chi connectivity index (χ1n) is 8.28. The topological polar surface area (TPSA) is 66.5 Å². The summed E-state index contributed by atoms with van der Waals surface area (Å²) < 4.78 is 64.2. The molecule has 0 aromatic heterocycles. The average molecular weight is 469 g/mol. The van der Waals surface area contributed by atoms with E-state index in [1.807, 2.05) is 0 Å². The highest BCUT2D eigenvalue weighted by molar-refractivity contribution is 7.92. The normalized spacial score (nSPS) is 11.9. The van der Waals surface area contributed by atoms with Crippen LogP contribution in [0.3, 0.4) is 0 Å². The first-order chi connectivity index (χ1) is 13.4. The Bertz CT molecular complexity index is 998. The minimum absolute atomic E-state index is 0.0515. The van der Waals surface area contributed by atoms with E-state index in [0.717, 1.165) is 22.7 Å². The lowest BCUT2D eigenvalue weighted by atomic mass is 10.1. The minimum Gasteiger partial charge on any atom is -0.326 e. The molecule has 0 aliphatic heterocycles. The van der Waals surface area contributed by atoms with E-state index in [2.05, 4.69) is 5.32 Å². The van der Waals surface area contributed by atoms with E-state index in [-0.39, 0.29) is 40.8 Å². The van der Waals surface area contributed by atoms with Crippen LogP contribution in [0.4, 0.5) is 24.5 Å². The van der Waals surface area contributed by atoms with Gasteiger partial charge in [-0.2, -0.15) is 13.2 Å². The third-order valence-electron chi connectivity index (χ3n) is 3.85. The summed E-state index contributed by atoms with van der Waals surface area (Å²) in [6.07, 6.45) is -3.78. The van der Waals surface area contributed by atoms with Crippen molar-refractivity contribution in [3.8, 4) is 0 Å². The van der Waals surface area contributed by atoms with Crippen LogP contribution in [0.25, 0.3) is 0 Å². The molecule has 0 saturated heterocycles. The second-order valence-corrected chi connectivity index (χ2v) is 8.88. The molecule has 0 saturated carbocycles. The van der Waals surface area contributed by atoms with Crippen LogP contribution in [-0.2, 0) is 21.0 Å². The maximum atomic E-state index is 13.0. The lowest BCUT2D eigenvalue weighted by Gasteiger charge is -2.23. The Kier molecular flexibility index (Phi) is 7.42. The quantitative estimate of drug-likeness (QED) is 0.607. The first kappa shape index (κ1) is 23.3. The zero-order chi connectivity index (χ0) is 21.8. The highest BCUT2D eigenvalue weighted by Gasteiger charge is 2.33. The van der Waals surface area contributed by atoms with Crippen LogP contribution >= 0.6 is 23.2 Å². The predicted molar refractivity (Wildman–Crippen MR) is 108 cm³/mol.